The Labute approximate surface area is 174 Å². The number of aliphatic imine (C=N–C) groups is 1. The lowest BCUT2D eigenvalue weighted by Crippen LogP contribution is -2.32. The number of carbonyl (C=O) groups is 1. The zero-order chi connectivity index (χ0) is 20.9. The summed E-state index contributed by atoms with van der Waals surface area (Å²) >= 11 is 0. The van der Waals surface area contributed by atoms with E-state index in [1.807, 2.05) is 6.08 Å². The van der Waals surface area contributed by atoms with Gasteiger partial charge in [-0.1, -0.05) is 6.92 Å². The van der Waals surface area contributed by atoms with Crippen LogP contribution < -0.4 is 16.1 Å². The average molecular weight is 404 g/mol. The number of aromatic nitrogens is 3. The highest BCUT2D eigenvalue weighted by atomic mass is 16.2. The van der Waals surface area contributed by atoms with Crippen molar-refractivity contribution in [2.75, 3.05) is 13.1 Å². The number of allylic oxidation sites excluding steroid dienone is 1. The third kappa shape index (κ3) is 3.92. The zero-order valence-corrected chi connectivity index (χ0v) is 16.9. The molecule has 154 valence electrons. The van der Waals surface area contributed by atoms with E-state index in [2.05, 4.69) is 55.0 Å². The molecule has 2 aliphatic heterocycles. The van der Waals surface area contributed by atoms with E-state index in [1.54, 1.807) is 37.2 Å². The van der Waals surface area contributed by atoms with Crippen molar-refractivity contribution in [3.05, 3.63) is 53.6 Å². The van der Waals surface area contributed by atoms with Gasteiger partial charge in [0.15, 0.2) is 0 Å². The molecule has 2 aromatic heterocycles. The van der Waals surface area contributed by atoms with Gasteiger partial charge in [-0.05, 0) is 38.1 Å². The first-order valence-corrected chi connectivity index (χ1v) is 9.92. The van der Waals surface area contributed by atoms with Gasteiger partial charge in [-0.3, -0.25) is 19.8 Å². The summed E-state index contributed by atoms with van der Waals surface area (Å²) in [7, 11) is 0. The van der Waals surface area contributed by atoms with Crippen LogP contribution >= 0.6 is 0 Å². The molecule has 1 unspecified atom stereocenters. The fourth-order valence-electron chi connectivity index (χ4n) is 3.63. The molecule has 0 aliphatic carbocycles. The van der Waals surface area contributed by atoms with Gasteiger partial charge in [0.2, 0.25) is 0 Å². The molecule has 1 amide bonds. The quantitative estimate of drug-likeness (QED) is 0.522. The number of likely N-dealkylation sites (N-methyl/N-ethyl adjacent to an activating group) is 1. The second-order valence-electron chi connectivity index (χ2n) is 6.98. The lowest BCUT2D eigenvalue weighted by molar-refractivity contribution is -0.120. The minimum atomic E-state index is -0.530. The van der Waals surface area contributed by atoms with E-state index < -0.39 is 5.92 Å². The Kier molecular flexibility index (Phi) is 5.80. The minimum Gasteiger partial charge on any atom is -0.359 e. The van der Waals surface area contributed by atoms with Crippen LogP contribution in [0.4, 0.5) is 0 Å². The van der Waals surface area contributed by atoms with Crippen LogP contribution in [0.25, 0.3) is 17.3 Å². The van der Waals surface area contributed by atoms with E-state index in [1.165, 1.54) is 5.56 Å². The average Bonchev–Trinajstić information content (AvgIpc) is 3.32. The first kappa shape index (κ1) is 19.7. The van der Waals surface area contributed by atoms with Gasteiger partial charge < -0.3 is 15.6 Å². The molecule has 4 heterocycles. The van der Waals surface area contributed by atoms with Gasteiger partial charge in [-0.15, -0.1) is 0 Å². The largest absolute Gasteiger partial charge is 0.359 e. The fraction of sp³-hybridized carbons (Fsp3) is 0.286. The number of carbonyl (C=O) groups excluding carboxylic acids is 1. The van der Waals surface area contributed by atoms with Gasteiger partial charge in [0, 0.05) is 42.3 Å². The summed E-state index contributed by atoms with van der Waals surface area (Å²) in [6.45, 7) is 5.94. The van der Waals surface area contributed by atoms with Gasteiger partial charge in [-0.25, -0.2) is 5.43 Å². The Morgan fingerprint density at radius 1 is 1.30 bits per heavy atom. The number of hydrogen-bond donors (Lipinski definition) is 4. The van der Waals surface area contributed by atoms with Crippen LogP contribution in [0.2, 0.25) is 0 Å². The van der Waals surface area contributed by atoms with Crippen molar-refractivity contribution in [3.63, 3.8) is 0 Å². The van der Waals surface area contributed by atoms with Gasteiger partial charge in [-0.2, -0.15) is 5.10 Å². The van der Waals surface area contributed by atoms with E-state index in [9.17, 15) is 4.79 Å². The lowest BCUT2D eigenvalue weighted by atomic mass is 9.98. The molecule has 4 rings (SSSR count). The summed E-state index contributed by atoms with van der Waals surface area (Å²) in [4.78, 5) is 28.8. The van der Waals surface area contributed by atoms with Crippen molar-refractivity contribution in [3.8, 4) is 11.3 Å². The van der Waals surface area contributed by atoms with Crippen LogP contribution in [0.1, 0.15) is 23.9 Å². The fourth-order valence-corrected chi connectivity index (χ4v) is 3.63. The van der Waals surface area contributed by atoms with Crippen molar-refractivity contribution >= 4 is 23.9 Å². The van der Waals surface area contributed by atoms with E-state index in [4.69, 9.17) is 0 Å². The van der Waals surface area contributed by atoms with Crippen LogP contribution in [-0.2, 0) is 11.2 Å². The van der Waals surface area contributed by atoms with Crippen LogP contribution in [0, 0.1) is 12.8 Å². The minimum absolute atomic E-state index is 0.195. The molecular formula is C21H24N8O. The normalized spacial score (nSPS) is 19.1. The summed E-state index contributed by atoms with van der Waals surface area (Å²) in [5, 5.41) is 10.5. The number of hydrazone groups is 1. The Morgan fingerprint density at radius 2 is 2.20 bits per heavy atom. The van der Waals surface area contributed by atoms with E-state index in [0.717, 1.165) is 47.9 Å². The van der Waals surface area contributed by atoms with Gasteiger partial charge >= 0.3 is 0 Å². The van der Waals surface area contributed by atoms with Crippen LogP contribution in [0.3, 0.4) is 0 Å². The molecule has 4 N–H and O–H groups in total. The van der Waals surface area contributed by atoms with Crippen LogP contribution in [0.15, 0.2) is 46.8 Å². The summed E-state index contributed by atoms with van der Waals surface area (Å²) in [6.07, 6.45) is 12.9. The maximum Gasteiger partial charge on any atom is 0.254 e. The molecule has 0 fully saturated rings. The lowest BCUT2D eigenvalue weighted by Gasteiger charge is -2.16. The Morgan fingerprint density at radius 3 is 2.93 bits per heavy atom. The number of rotatable bonds is 7. The maximum atomic E-state index is 12.1. The topological polar surface area (TPSA) is 119 Å². The predicted molar refractivity (Wildman–Crippen MR) is 117 cm³/mol. The molecule has 1 atom stereocenters. The molecule has 0 saturated carbocycles. The third-order valence-electron chi connectivity index (χ3n) is 5.03. The zero-order valence-electron chi connectivity index (χ0n) is 16.9. The standard InChI is InChI=1S/C21H24N8O/c1-3-22-5-4-14-13(2)28-16(19(14)18-12-23-6-7-25-18)10-17-20(26-9-8-24-17)15-11-27-29-21(15)30/h6-12,15,22,24,28H,3-5H2,1-2H3,(H,29,30). The molecular weight excluding hydrogens is 380 g/mol. The van der Waals surface area contributed by atoms with Gasteiger partial charge in [0.25, 0.3) is 5.91 Å². The van der Waals surface area contributed by atoms with Gasteiger partial charge in [0.1, 0.15) is 5.92 Å². The molecule has 30 heavy (non-hydrogen) atoms. The summed E-state index contributed by atoms with van der Waals surface area (Å²) < 4.78 is 0. The van der Waals surface area contributed by atoms with Crippen molar-refractivity contribution in [1.82, 2.24) is 31.0 Å². The molecule has 0 bridgehead atoms. The second-order valence-corrected chi connectivity index (χ2v) is 6.98. The number of aryl methyl sites for hydroxylation is 1. The molecule has 2 aliphatic rings. The van der Waals surface area contributed by atoms with Crippen LogP contribution in [0.5, 0.6) is 0 Å². The number of nitrogens with one attached hydrogen (secondary N) is 4. The summed E-state index contributed by atoms with van der Waals surface area (Å²) in [5.41, 5.74) is 8.77. The number of hydrogen-bond acceptors (Lipinski definition) is 7. The Bertz CT molecular complexity index is 1050. The number of H-pyrrole nitrogens is 1. The number of nitrogens with zero attached hydrogens (tertiary/aromatic N) is 4. The SMILES string of the molecule is CCNCCc1c(C)[nH]c(C=C2NC=CN=C2C2C=NNC2=O)c1-c1cnccn1. The molecule has 9 nitrogen and oxygen atoms in total. The van der Waals surface area contributed by atoms with Crippen molar-refractivity contribution in [1.29, 1.82) is 0 Å². The van der Waals surface area contributed by atoms with Gasteiger partial charge in [0.05, 0.1) is 29.0 Å². The molecule has 0 radical (unpaired) electrons. The second kappa shape index (κ2) is 8.83. The number of amides is 1. The first-order chi connectivity index (χ1) is 14.7. The van der Waals surface area contributed by atoms with Crippen molar-refractivity contribution in [2.45, 2.75) is 20.3 Å². The van der Waals surface area contributed by atoms with Crippen molar-refractivity contribution in [2.24, 2.45) is 16.0 Å². The molecule has 0 spiro atoms. The van der Waals surface area contributed by atoms with E-state index in [0.29, 0.717) is 5.71 Å². The summed E-state index contributed by atoms with van der Waals surface area (Å²) in [5.74, 6) is -0.724. The molecule has 2 aromatic rings. The smallest absolute Gasteiger partial charge is 0.254 e. The predicted octanol–water partition coefficient (Wildman–Crippen LogP) is 1.52. The molecule has 0 aromatic carbocycles. The summed E-state index contributed by atoms with van der Waals surface area (Å²) in [6, 6.07) is 0. The van der Waals surface area contributed by atoms with Crippen molar-refractivity contribution < 1.29 is 4.79 Å². The monoisotopic (exact) mass is 404 g/mol. The Balaban J connectivity index is 1.77. The van der Waals surface area contributed by atoms with E-state index in [-0.39, 0.29) is 5.91 Å². The highest BCUT2D eigenvalue weighted by Crippen LogP contribution is 2.31. The highest BCUT2D eigenvalue weighted by molar-refractivity contribution is 6.24. The molecule has 9 heteroatoms. The highest BCUT2D eigenvalue weighted by Gasteiger charge is 2.30. The Hall–Kier alpha value is -3.59. The van der Waals surface area contributed by atoms with E-state index >= 15 is 0 Å². The third-order valence-corrected chi connectivity index (χ3v) is 5.03. The molecule has 0 saturated heterocycles. The number of aromatic amines is 1. The first-order valence-electron chi connectivity index (χ1n) is 9.92. The maximum absolute atomic E-state index is 12.1. The van der Waals surface area contributed by atoms with Crippen LogP contribution in [-0.4, -0.2) is 45.9 Å².